The van der Waals surface area contributed by atoms with Crippen LogP contribution in [0.4, 0.5) is 0 Å². The molecule has 1 unspecified atom stereocenters. The highest BCUT2D eigenvalue weighted by molar-refractivity contribution is 8.00. The van der Waals surface area contributed by atoms with E-state index in [1.807, 2.05) is 13.0 Å². The van der Waals surface area contributed by atoms with Gasteiger partial charge in [-0.1, -0.05) is 6.92 Å². The molecule has 0 aromatic rings. The standard InChI is InChI=1S/C16H26N2O4S/c1-4-23-15-14(16(19)20)12(2)11-13(18(15)7-8-21-3)17-5-9-22-10-6-17/h11,15H,4-10H2,1-3H3,(H,19,20). The average molecular weight is 342 g/mol. The molecule has 0 saturated carbocycles. The van der Waals surface area contributed by atoms with Crippen molar-refractivity contribution in [2.75, 3.05) is 52.3 Å². The van der Waals surface area contributed by atoms with Crippen LogP contribution in [0.2, 0.25) is 0 Å². The summed E-state index contributed by atoms with van der Waals surface area (Å²) in [6.07, 6.45) is 2.00. The largest absolute Gasteiger partial charge is 0.478 e. The van der Waals surface area contributed by atoms with Gasteiger partial charge < -0.3 is 24.4 Å². The molecule has 0 aliphatic carbocycles. The van der Waals surface area contributed by atoms with Crippen molar-refractivity contribution < 1.29 is 19.4 Å². The molecule has 7 heteroatoms. The van der Waals surface area contributed by atoms with E-state index in [9.17, 15) is 9.90 Å². The van der Waals surface area contributed by atoms with Crippen molar-refractivity contribution in [1.82, 2.24) is 9.80 Å². The summed E-state index contributed by atoms with van der Waals surface area (Å²) in [6, 6.07) is 0. The number of carboxylic acids is 1. The fourth-order valence-electron chi connectivity index (χ4n) is 2.92. The fraction of sp³-hybridized carbons (Fsp3) is 0.688. The van der Waals surface area contributed by atoms with E-state index in [4.69, 9.17) is 9.47 Å². The molecule has 1 saturated heterocycles. The minimum Gasteiger partial charge on any atom is -0.478 e. The molecule has 2 heterocycles. The Morgan fingerprint density at radius 1 is 1.48 bits per heavy atom. The molecule has 2 aliphatic rings. The van der Waals surface area contributed by atoms with Crippen molar-refractivity contribution in [2.24, 2.45) is 0 Å². The molecule has 0 aromatic heterocycles. The third-order valence-corrected chi connectivity index (χ3v) is 5.16. The Morgan fingerprint density at radius 3 is 2.74 bits per heavy atom. The molecule has 1 atom stereocenters. The summed E-state index contributed by atoms with van der Waals surface area (Å²) >= 11 is 1.65. The molecule has 130 valence electrons. The molecule has 0 amide bonds. The molecule has 0 radical (unpaired) electrons. The minimum absolute atomic E-state index is 0.185. The quantitative estimate of drug-likeness (QED) is 0.754. The maximum atomic E-state index is 11.8. The normalized spacial score (nSPS) is 22.4. The number of allylic oxidation sites excluding steroid dienone is 2. The van der Waals surface area contributed by atoms with Gasteiger partial charge in [-0.15, -0.1) is 11.8 Å². The summed E-state index contributed by atoms with van der Waals surface area (Å²) < 4.78 is 10.7. The number of carbonyl (C=O) groups is 1. The van der Waals surface area contributed by atoms with Crippen LogP contribution in [0.3, 0.4) is 0 Å². The van der Waals surface area contributed by atoms with Gasteiger partial charge in [0.1, 0.15) is 11.2 Å². The summed E-state index contributed by atoms with van der Waals surface area (Å²) in [5.74, 6) is 1.10. The zero-order valence-corrected chi connectivity index (χ0v) is 14.9. The van der Waals surface area contributed by atoms with Crippen LogP contribution in [0.25, 0.3) is 0 Å². The van der Waals surface area contributed by atoms with Crippen LogP contribution in [0.5, 0.6) is 0 Å². The minimum atomic E-state index is -0.840. The molecular weight excluding hydrogens is 316 g/mol. The van der Waals surface area contributed by atoms with Crippen LogP contribution in [0.1, 0.15) is 13.8 Å². The Bertz CT molecular complexity index is 486. The highest BCUT2D eigenvalue weighted by atomic mass is 32.2. The molecule has 1 fully saturated rings. The van der Waals surface area contributed by atoms with Crippen LogP contribution in [0.15, 0.2) is 23.0 Å². The van der Waals surface area contributed by atoms with E-state index in [-0.39, 0.29) is 5.37 Å². The Labute approximate surface area is 142 Å². The lowest BCUT2D eigenvalue weighted by molar-refractivity contribution is -0.133. The van der Waals surface area contributed by atoms with Crippen LogP contribution >= 0.6 is 11.8 Å². The number of aliphatic carboxylic acids is 1. The van der Waals surface area contributed by atoms with Crippen molar-refractivity contribution in [3.05, 3.63) is 23.0 Å². The SMILES string of the molecule is CCSC1C(C(=O)O)=C(C)C=C(N2CCOCC2)N1CCOC. The van der Waals surface area contributed by atoms with Crippen LogP contribution in [0, 0.1) is 0 Å². The number of methoxy groups -OCH3 is 1. The van der Waals surface area contributed by atoms with Crippen LogP contribution in [-0.4, -0.2) is 78.6 Å². The number of morpholine rings is 1. The van der Waals surface area contributed by atoms with Gasteiger partial charge in [0.25, 0.3) is 0 Å². The Hall–Kier alpha value is -1.18. The van der Waals surface area contributed by atoms with Crippen LogP contribution < -0.4 is 0 Å². The predicted octanol–water partition coefficient (Wildman–Crippen LogP) is 1.60. The Morgan fingerprint density at radius 2 is 2.17 bits per heavy atom. The maximum absolute atomic E-state index is 11.8. The molecule has 23 heavy (non-hydrogen) atoms. The van der Waals surface area contributed by atoms with Gasteiger partial charge in [0.15, 0.2) is 0 Å². The number of hydrogen-bond acceptors (Lipinski definition) is 6. The van der Waals surface area contributed by atoms with Gasteiger partial charge in [0, 0.05) is 26.7 Å². The smallest absolute Gasteiger partial charge is 0.334 e. The van der Waals surface area contributed by atoms with E-state index in [1.165, 1.54) is 0 Å². The molecule has 0 bridgehead atoms. The summed E-state index contributed by atoms with van der Waals surface area (Å²) in [6.45, 7) is 8.24. The lowest BCUT2D eigenvalue weighted by Crippen LogP contribution is -2.49. The fourth-order valence-corrected chi connectivity index (χ4v) is 4.08. The molecule has 6 nitrogen and oxygen atoms in total. The van der Waals surface area contributed by atoms with E-state index in [1.54, 1.807) is 18.9 Å². The van der Waals surface area contributed by atoms with Gasteiger partial charge in [-0.25, -0.2) is 4.79 Å². The van der Waals surface area contributed by atoms with Crippen molar-refractivity contribution in [1.29, 1.82) is 0 Å². The van der Waals surface area contributed by atoms with Gasteiger partial charge in [0.2, 0.25) is 0 Å². The second-order valence-electron chi connectivity index (χ2n) is 5.50. The zero-order valence-electron chi connectivity index (χ0n) is 14.1. The van der Waals surface area contributed by atoms with Gasteiger partial charge in [-0.05, 0) is 24.3 Å². The number of ether oxygens (including phenoxy) is 2. The van der Waals surface area contributed by atoms with Gasteiger partial charge in [-0.3, -0.25) is 0 Å². The summed E-state index contributed by atoms with van der Waals surface area (Å²) in [5.41, 5.74) is 1.31. The number of rotatable bonds is 7. The first-order chi connectivity index (χ1) is 11.1. The number of hydrogen-bond donors (Lipinski definition) is 1. The second kappa shape index (κ2) is 8.61. The highest BCUT2D eigenvalue weighted by Gasteiger charge is 2.35. The number of thioether (sulfide) groups is 1. The zero-order chi connectivity index (χ0) is 16.8. The topological polar surface area (TPSA) is 62.2 Å². The van der Waals surface area contributed by atoms with E-state index < -0.39 is 5.97 Å². The highest BCUT2D eigenvalue weighted by Crippen LogP contribution is 2.35. The monoisotopic (exact) mass is 342 g/mol. The molecular formula is C16H26N2O4S. The molecule has 2 rings (SSSR count). The molecule has 0 spiro atoms. The van der Waals surface area contributed by atoms with E-state index in [0.29, 0.717) is 31.9 Å². The first-order valence-corrected chi connectivity index (χ1v) is 9.00. The van der Waals surface area contributed by atoms with Gasteiger partial charge in [0.05, 0.1) is 25.4 Å². The number of nitrogens with zero attached hydrogens (tertiary/aromatic N) is 2. The van der Waals surface area contributed by atoms with Crippen molar-refractivity contribution >= 4 is 17.7 Å². The Kier molecular flexibility index (Phi) is 6.80. The van der Waals surface area contributed by atoms with Crippen molar-refractivity contribution in [3.8, 4) is 0 Å². The number of carboxylic acid groups (broad SMARTS) is 1. The summed E-state index contributed by atoms with van der Waals surface area (Å²) in [5, 5.41) is 9.47. The van der Waals surface area contributed by atoms with E-state index in [0.717, 1.165) is 30.2 Å². The van der Waals surface area contributed by atoms with Gasteiger partial charge >= 0.3 is 5.97 Å². The van der Waals surface area contributed by atoms with Crippen molar-refractivity contribution in [3.63, 3.8) is 0 Å². The van der Waals surface area contributed by atoms with Crippen molar-refractivity contribution in [2.45, 2.75) is 19.2 Å². The summed E-state index contributed by atoms with van der Waals surface area (Å²) in [4.78, 5) is 16.2. The third kappa shape index (κ3) is 4.22. The first kappa shape index (κ1) is 18.2. The van der Waals surface area contributed by atoms with Gasteiger partial charge in [-0.2, -0.15) is 0 Å². The lowest BCUT2D eigenvalue weighted by Gasteiger charge is -2.44. The molecule has 0 aromatic carbocycles. The van der Waals surface area contributed by atoms with E-state index in [2.05, 4.69) is 16.7 Å². The predicted molar refractivity (Wildman–Crippen MR) is 91.3 cm³/mol. The lowest BCUT2D eigenvalue weighted by atomic mass is 10.0. The first-order valence-electron chi connectivity index (χ1n) is 7.95. The molecule has 1 N–H and O–H groups in total. The maximum Gasteiger partial charge on any atom is 0.334 e. The van der Waals surface area contributed by atoms with Crippen LogP contribution in [-0.2, 0) is 14.3 Å². The third-order valence-electron chi connectivity index (χ3n) is 4.02. The Balaban J connectivity index is 2.37. The summed E-state index contributed by atoms with van der Waals surface area (Å²) in [7, 11) is 1.67. The average Bonchev–Trinajstić information content (AvgIpc) is 2.54. The second-order valence-corrected chi connectivity index (χ2v) is 6.85. The molecule has 2 aliphatic heterocycles. The van der Waals surface area contributed by atoms with E-state index >= 15 is 0 Å².